The number of rotatable bonds is 11. The van der Waals surface area contributed by atoms with Gasteiger partial charge in [0.15, 0.2) is 0 Å². The summed E-state index contributed by atoms with van der Waals surface area (Å²) in [5, 5.41) is 1.80. The molecule has 14 nitrogen and oxygen atoms in total. The van der Waals surface area contributed by atoms with Gasteiger partial charge in [0.1, 0.15) is 0 Å². The van der Waals surface area contributed by atoms with Crippen LogP contribution < -0.4 is 28.9 Å². The van der Waals surface area contributed by atoms with Crippen molar-refractivity contribution in [3.8, 4) is 62.8 Å². The number of fused-ring (bicyclic) bond motifs is 17. The van der Waals surface area contributed by atoms with Crippen LogP contribution in [-0.2, 0) is 17.9 Å². The van der Waals surface area contributed by atoms with Gasteiger partial charge in [-0.25, -0.2) is 0 Å². The Morgan fingerprint density at radius 1 is 0.414 bits per heavy atom. The van der Waals surface area contributed by atoms with E-state index in [-0.39, 0.29) is 0 Å². The van der Waals surface area contributed by atoms with E-state index < -0.39 is 0 Å². The molecular weight excluding hydrogens is 928 g/mol. The van der Waals surface area contributed by atoms with Crippen molar-refractivity contribution in [3.05, 3.63) is 163 Å². The predicted octanol–water partition coefficient (Wildman–Crippen LogP) is 10.5. The number of anilines is 3. The molecule has 5 heterocycles. The summed E-state index contributed by atoms with van der Waals surface area (Å²) in [5.74, 6) is 4.37. The summed E-state index contributed by atoms with van der Waals surface area (Å²) in [5.41, 5.74) is 8.80. The fourth-order valence-electron chi connectivity index (χ4n) is 8.38. The summed E-state index contributed by atoms with van der Waals surface area (Å²) < 4.78 is 21.6. The second kappa shape index (κ2) is 18.2. The van der Waals surface area contributed by atoms with Crippen molar-refractivity contribution in [2.24, 2.45) is 0 Å². The first-order valence-corrected chi connectivity index (χ1v) is 24.1. The van der Waals surface area contributed by atoms with Crippen LogP contribution in [0.25, 0.3) is 84.7 Å². The molecule has 0 saturated carbocycles. The van der Waals surface area contributed by atoms with Crippen LogP contribution >= 0.6 is 0 Å². The second-order valence-electron chi connectivity index (χ2n) is 17.4. The monoisotopic (exact) mass is 971 g/mol. The maximum absolute atomic E-state index is 7.19. The fourth-order valence-corrected chi connectivity index (χ4v) is 9.22. The quantitative estimate of drug-likeness (QED) is 0.0940. The summed E-state index contributed by atoms with van der Waals surface area (Å²) in [7, 11) is 12.0. The van der Waals surface area contributed by atoms with Crippen molar-refractivity contribution in [2.45, 2.75) is 0 Å². The van der Waals surface area contributed by atoms with Gasteiger partial charge in [0.25, 0.3) is 0 Å². The summed E-state index contributed by atoms with van der Waals surface area (Å²) in [6.45, 7) is 0. The molecule has 0 aliphatic carbocycles. The molecule has 0 fully saturated rings. The van der Waals surface area contributed by atoms with E-state index in [0.717, 1.165) is 50.1 Å². The fraction of sp³-hybridized carbons (Fsp3) is 0.109. The molecule has 8 bridgehead atoms. The summed E-state index contributed by atoms with van der Waals surface area (Å²) in [6.07, 6.45) is 0. The number of nitrogens with zero attached hydrogens (tertiary/aromatic N) is 9. The number of hydrogen-bond acceptors (Lipinski definition) is 12. The van der Waals surface area contributed by atoms with Gasteiger partial charge in [0, 0.05) is 5.39 Å². The first kappa shape index (κ1) is 44.0. The average molecular weight is 973 g/mol. The third kappa shape index (κ3) is 8.52. The molecule has 340 valence electrons. The van der Waals surface area contributed by atoms with E-state index >= 15 is 0 Å². The molecule has 15 heteroatoms. The van der Waals surface area contributed by atoms with Crippen LogP contribution in [0.1, 0.15) is 5.56 Å². The molecule has 0 saturated heterocycles. The maximum atomic E-state index is 7.19. The number of ether oxygens (including phenoxy) is 3. The predicted molar refractivity (Wildman–Crippen MR) is 275 cm³/mol. The van der Waals surface area contributed by atoms with E-state index in [0.29, 0.717) is 102 Å². The second-order valence-corrected chi connectivity index (χ2v) is 18.8. The molecule has 6 aromatic carbocycles. The number of aromatic amines is 2. The van der Waals surface area contributed by atoms with Crippen molar-refractivity contribution < 1.29 is 32.1 Å². The molecule has 0 unspecified atom stereocenters. The Kier molecular flexibility index (Phi) is 11.4. The van der Waals surface area contributed by atoms with E-state index in [2.05, 4.69) is 9.97 Å². The van der Waals surface area contributed by atoms with Crippen molar-refractivity contribution in [3.63, 3.8) is 0 Å². The molecule has 3 aromatic heterocycles. The van der Waals surface area contributed by atoms with Crippen LogP contribution in [0.2, 0.25) is 0 Å². The molecule has 2 aliphatic rings. The molecule has 0 spiro atoms. The van der Waals surface area contributed by atoms with Gasteiger partial charge in [0.05, 0.1) is 0 Å². The Morgan fingerprint density at radius 2 is 0.829 bits per heavy atom. The number of aromatic nitrogens is 8. The van der Waals surface area contributed by atoms with E-state index in [9.17, 15) is 0 Å². The third-order valence-electron chi connectivity index (χ3n) is 12.0. The third-order valence-corrected chi connectivity index (χ3v) is 12.9. The van der Waals surface area contributed by atoms with Gasteiger partial charge in [-0.15, -0.1) is 0 Å². The number of hydrogen-bond donors (Lipinski definition) is 2. The van der Waals surface area contributed by atoms with Crippen molar-refractivity contribution in [1.82, 2.24) is 39.9 Å². The summed E-state index contributed by atoms with van der Waals surface area (Å²) >= 11 is 0.540. The molecule has 2 aliphatic heterocycles. The minimum absolute atomic E-state index is 0.326. The van der Waals surface area contributed by atoms with Crippen LogP contribution in [0.4, 0.5) is 17.1 Å². The Balaban J connectivity index is 1.24. The first-order valence-electron chi connectivity index (χ1n) is 22.6. The van der Waals surface area contributed by atoms with Crippen LogP contribution in [0.15, 0.2) is 157 Å². The first-order chi connectivity index (χ1) is 34.0. The Morgan fingerprint density at radius 3 is 1.30 bits per heavy atom. The topological polar surface area (TPSA) is 146 Å². The molecule has 11 rings (SSSR count). The average Bonchev–Trinajstić information content (AvgIpc) is 4.12. The van der Waals surface area contributed by atoms with E-state index in [1.54, 1.807) is 0 Å². The van der Waals surface area contributed by atoms with Gasteiger partial charge in [-0.05, 0) is 0 Å². The zero-order valence-electron chi connectivity index (χ0n) is 39.4. The Labute approximate surface area is 413 Å². The molecular formula is C55H45N11O3Zn. The van der Waals surface area contributed by atoms with Crippen molar-refractivity contribution >= 4 is 60.5 Å². The van der Waals surface area contributed by atoms with Crippen molar-refractivity contribution in [1.29, 1.82) is 0 Å². The van der Waals surface area contributed by atoms with E-state index in [1.165, 1.54) is 0 Å². The van der Waals surface area contributed by atoms with Crippen LogP contribution in [0.3, 0.4) is 0 Å². The molecule has 0 radical (unpaired) electrons. The van der Waals surface area contributed by atoms with Gasteiger partial charge >= 0.3 is 386 Å². The van der Waals surface area contributed by atoms with Gasteiger partial charge in [-0.3, -0.25) is 0 Å². The zero-order chi connectivity index (χ0) is 48.0. The number of benzene rings is 6. The van der Waals surface area contributed by atoms with Crippen molar-refractivity contribution in [2.75, 3.05) is 57.0 Å². The van der Waals surface area contributed by atoms with Crippen LogP contribution in [0, 0.1) is 0 Å². The van der Waals surface area contributed by atoms with E-state index in [4.69, 9.17) is 44.1 Å². The van der Waals surface area contributed by atoms with Gasteiger partial charge in [-0.2, -0.15) is 0 Å². The van der Waals surface area contributed by atoms with Crippen LogP contribution in [-0.4, -0.2) is 86.5 Å². The Hall–Kier alpha value is -8.55. The molecule has 70 heavy (non-hydrogen) atoms. The minimum atomic E-state index is 0.326. The SMILES string of the molecule is CN(C)c1cccc(O[C](=[Zn])/C(Oc2cccc(N(C)C)c2)=C(/Oc2cccc(N(C)C)c2)c2cc3nc4nc(nc5[nH]c(nc6nc(nc2[nH]3)-c2ccccc2-6)c2ccccc52)-c2ccccc2-4)c1. The Bertz CT molecular complexity index is 3750. The summed E-state index contributed by atoms with van der Waals surface area (Å²) in [4.78, 5) is 44.3. The zero-order valence-corrected chi connectivity index (χ0v) is 42.4. The normalized spacial score (nSPS) is 11.9. The molecule has 2 N–H and O–H groups in total. The van der Waals surface area contributed by atoms with Gasteiger partial charge in [-0.1, -0.05) is 24.3 Å². The standard InChI is InChI=1S/C55H45N11O3.Zn/c1-64(2)33-16-13-19-36(28-33)67-32-46(68-37-20-14-17-34(29-37)65(3)4)48(69-38-21-15-18-35(30-38)66(5)6)45-31-47-56-49-39-22-7-8-23-40(39)50(58-49)59-51-41-24-9-10-25-42(41)52(60-51)61-53-43-26-11-12-27-44(43)54(62-53)63-55(45)57-47;/h7-31H,1-6H3,(H2,56,57,58,59,60,61,62,63);/b48-46-;. The number of nitrogens with one attached hydrogen (secondary N) is 2. The summed E-state index contributed by atoms with van der Waals surface area (Å²) in [6, 6.07) is 49.6. The van der Waals surface area contributed by atoms with Gasteiger partial charge in [0.2, 0.25) is 0 Å². The van der Waals surface area contributed by atoms with Crippen LogP contribution in [0.5, 0.6) is 17.2 Å². The molecule has 0 atom stereocenters. The molecule has 9 aromatic rings. The molecule has 0 amide bonds. The number of H-pyrrole nitrogens is 2. The van der Waals surface area contributed by atoms with E-state index in [1.807, 2.05) is 209 Å². The van der Waals surface area contributed by atoms with Gasteiger partial charge < -0.3 is 0 Å².